The highest BCUT2D eigenvalue weighted by molar-refractivity contribution is 7.89. The number of halogens is 1. The van der Waals surface area contributed by atoms with Crippen molar-refractivity contribution >= 4 is 22.4 Å². The van der Waals surface area contributed by atoms with Crippen molar-refractivity contribution in [3.63, 3.8) is 0 Å². The molecule has 0 aromatic heterocycles. The molecule has 14 heavy (non-hydrogen) atoms. The minimum absolute atomic E-state index is 0. The molecule has 0 aliphatic heterocycles. The molecule has 0 aromatic rings. The van der Waals surface area contributed by atoms with Gasteiger partial charge in [-0.1, -0.05) is 13.8 Å². The maximum atomic E-state index is 11.3. The Morgan fingerprint density at radius 1 is 1.21 bits per heavy atom. The molecule has 0 unspecified atom stereocenters. The van der Waals surface area contributed by atoms with Crippen LogP contribution < -0.4 is 10.0 Å². The number of hydrogen-bond donors (Lipinski definition) is 2. The Bertz CT molecular complexity index is 217. The number of hydrogen-bond acceptors (Lipinski definition) is 3. The van der Waals surface area contributed by atoms with E-state index in [-0.39, 0.29) is 18.2 Å². The van der Waals surface area contributed by atoms with Gasteiger partial charge in [-0.25, -0.2) is 13.1 Å². The molecule has 0 spiro atoms. The van der Waals surface area contributed by atoms with Gasteiger partial charge in [-0.2, -0.15) is 0 Å². The molecule has 0 saturated heterocycles. The van der Waals surface area contributed by atoms with Gasteiger partial charge in [-0.3, -0.25) is 0 Å². The van der Waals surface area contributed by atoms with E-state index in [4.69, 9.17) is 0 Å². The summed E-state index contributed by atoms with van der Waals surface area (Å²) in [5, 5.41) is 2.88. The van der Waals surface area contributed by atoms with Crippen LogP contribution in [-0.2, 0) is 10.0 Å². The number of rotatable bonds is 7. The molecule has 4 nitrogen and oxygen atoms in total. The monoisotopic (exact) mass is 244 g/mol. The van der Waals surface area contributed by atoms with E-state index in [1.807, 2.05) is 13.8 Å². The lowest BCUT2D eigenvalue weighted by Crippen LogP contribution is -2.32. The van der Waals surface area contributed by atoms with Gasteiger partial charge in [-0.05, 0) is 19.4 Å². The molecular weight excluding hydrogens is 224 g/mol. The van der Waals surface area contributed by atoms with Gasteiger partial charge < -0.3 is 5.32 Å². The molecule has 0 bridgehead atoms. The third-order valence-corrected chi connectivity index (χ3v) is 3.08. The fraction of sp³-hybridized carbons (Fsp3) is 1.00. The Labute approximate surface area is 93.3 Å². The Morgan fingerprint density at radius 3 is 2.21 bits per heavy atom. The van der Waals surface area contributed by atoms with E-state index in [2.05, 4.69) is 10.0 Å². The molecule has 0 atom stereocenters. The maximum absolute atomic E-state index is 11.3. The predicted octanol–water partition coefficient (Wildman–Crippen LogP) is 0.593. The standard InChI is InChI=1S/C8H20N2O2S.ClH/c1-8(2)4-7-13(11,12)10-6-5-9-3;/h8-10H,4-7H2,1-3H3;1H. The number of likely N-dealkylation sites (N-methyl/N-ethyl adjacent to an activating group) is 1. The third kappa shape index (κ3) is 10.2. The van der Waals surface area contributed by atoms with E-state index < -0.39 is 10.0 Å². The summed E-state index contributed by atoms with van der Waals surface area (Å²) in [4.78, 5) is 0. The van der Waals surface area contributed by atoms with Gasteiger partial charge in [-0.15, -0.1) is 12.4 Å². The van der Waals surface area contributed by atoms with E-state index in [1.165, 1.54) is 0 Å². The van der Waals surface area contributed by atoms with Gasteiger partial charge >= 0.3 is 0 Å². The van der Waals surface area contributed by atoms with E-state index >= 15 is 0 Å². The van der Waals surface area contributed by atoms with Crippen molar-refractivity contribution < 1.29 is 8.42 Å². The Morgan fingerprint density at radius 2 is 1.79 bits per heavy atom. The van der Waals surface area contributed by atoms with Crippen molar-refractivity contribution in [3.05, 3.63) is 0 Å². The first-order chi connectivity index (χ1) is 5.98. The quantitative estimate of drug-likeness (QED) is 0.645. The average Bonchev–Trinajstić information content (AvgIpc) is 2.02. The summed E-state index contributed by atoms with van der Waals surface area (Å²) in [7, 11) is -1.24. The second-order valence-electron chi connectivity index (χ2n) is 3.50. The number of nitrogens with one attached hydrogen (secondary N) is 2. The van der Waals surface area contributed by atoms with Crippen molar-refractivity contribution in [2.75, 3.05) is 25.9 Å². The van der Waals surface area contributed by atoms with Gasteiger partial charge in [0.1, 0.15) is 0 Å². The second-order valence-corrected chi connectivity index (χ2v) is 5.43. The van der Waals surface area contributed by atoms with Crippen LogP contribution in [0.2, 0.25) is 0 Å². The summed E-state index contributed by atoms with van der Waals surface area (Å²) in [5.74, 6) is 0.662. The summed E-state index contributed by atoms with van der Waals surface area (Å²) in [6.45, 7) is 5.17. The second kappa shape index (κ2) is 8.47. The van der Waals surface area contributed by atoms with Crippen LogP contribution in [0.15, 0.2) is 0 Å². The van der Waals surface area contributed by atoms with Crippen LogP contribution in [0.25, 0.3) is 0 Å². The molecule has 2 N–H and O–H groups in total. The first-order valence-electron chi connectivity index (χ1n) is 4.60. The molecular formula is C8H21ClN2O2S. The van der Waals surface area contributed by atoms with Crippen molar-refractivity contribution in [1.82, 2.24) is 10.0 Å². The molecule has 88 valence electrons. The van der Waals surface area contributed by atoms with Crippen LogP contribution in [0.5, 0.6) is 0 Å². The highest BCUT2D eigenvalue weighted by Crippen LogP contribution is 2.01. The molecule has 0 saturated carbocycles. The molecule has 0 fully saturated rings. The van der Waals surface area contributed by atoms with Crippen molar-refractivity contribution in [1.29, 1.82) is 0 Å². The van der Waals surface area contributed by atoms with Crippen LogP contribution in [0.4, 0.5) is 0 Å². The normalized spacial score (nSPS) is 11.4. The molecule has 0 radical (unpaired) electrons. The van der Waals surface area contributed by atoms with Crippen LogP contribution in [0, 0.1) is 5.92 Å². The summed E-state index contributed by atoms with van der Waals surface area (Å²) >= 11 is 0. The highest BCUT2D eigenvalue weighted by atomic mass is 35.5. The lowest BCUT2D eigenvalue weighted by atomic mass is 10.2. The zero-order valence-corrected chi connectivity index (χ0v) is 10.7. The first kappa shape index (κ1) is 16.6. The topological polar surface area (TPSA) is 58.2 Å². The molecule has 6 heteroatoms. The van der Waals surface area contributed by atoms with E-state index in [0.717, 1.165) is 6.42 Å². The molecule has 0 heterocycles. The third-order valence-electron chi connectivity index (χ3n) is 1.66. The fourth-order valence-corrected chi connectivity index (χ4v) is 2.13. The maximum Gasteiger partial charge on any atom is 0.211 e. The van der Waals surface area contributed by atoms with E-state index in [0.29, 0.717) is 19.0 Å². The van der Waals surface area contributed by atoms with Crippen LogP contribution in [0.1, 0.15) is 20.3 Å². The van der Waals surface area contributed by atoms with Gasteiger partial charge in [0.05, 0.1) is 5.75 Å². The summed E-state index contributed by atoms with van der Waals surface area (Å²) < 4.78 is 25.1. The summed E-state index contributed by atoms with van der Waals surface area (Å²) in [6.07, 6.45) is 0.717. The number of sulfonamides is 1. The molecule has 0 amide bonds. The Balaban J connectivity index is 0. The Hall–Kier alpha value is 0.160. The van der Waals surface area contributed by atoms with Gasteiger partial charge in [0.2, 0.25) is 10.0 Å². The lowest BCUT2D eigenvalue weighted by molar-refractivity contribution is 0.560. The molecule has 0 aliphatic carbocycles. The van der Waals surface area contributed by atoms with Crippen molar-refractivity contribution in [3.8, 4) is 0 Å². The smallest absolute Gasteiger partial charge is 0.211 e. The zero-order chi connectivity index (χ0) is 10.3. The summed E-state index contributed by atoms with van der Waals surface area (Å²) in [6, 6.07) is 0. The van der Waals surface area contributed by atoms with E-state index in [1.54, 1.807) is 7.05 Å². The average molecular weight is 245 g/mol. The van der Waals surface area contributed by atoms with Gasteiger partial charge in [0.25, 0.3) is 0 Å². The van der Waals surface area contributed by atoms with Crippen LogP contribution >= 0.6 is 12.4 Å². The van der Waals surface area contributed by atoms with Crippen molar-refractivity contribution in [2.45, 2.75) is 20.3 Å². The molecule has 0 rings (SSSR count). The SMILES string of the molecule is CNCCNS(=O)(=O)CCC(C)C.Cl. The summed E-state index contributed by atoms with van der Waals surface area (Å²) in [5.41, 5.74) is 0. The predicted molar refractivity (Wildman–Crippen MR) is 62.4 cm³/mol. The largest absolute Gasteiger partial charge is 0.318 e. The lowest BCUT2D eigenvalue weighted by Gasteiger charge is -2.07. The van der Waals surface area contributed by atoms with Gasteiger partial charge in [0, 0.05) is 13.1 Å². The minimum Gasteiger partial charge on any atom is -0.318 e. The van der Waals surface area contributed by atoms with E-state index in [9.17, 15) is 8.42 Å². The van der Waals surface area contributed by atoms with Gasteiger partial charge in [0.15, 0.2) is 0 Å². The van der Waals surface area contributed by atoms with Crippen LogP contribution in [0.3, 0.4) is 0 Å². The minimum atomic E-state index is -3.04. The van der Waals surface area contributed by atoms with Crippen molar-refractivity contribution in [2.24, 2.45) is 5.92 Å². The fourth-order valence-electron chi connectivity index (χ4n) is 0.795. The first-order valence-corrected chi connectivity index (χ1v) is 6.25. The van der Waals surface area contributed by atoms with Crippen LogP contribution in [-0.4, -0.2) is 34.3 Å². The highest BCUT2D eigenvalue weighted by Gasteiger charge is 2.09. The zero-order valence-electron chi connectivity index (χ0n) is 9.04. The molecule has 0 aromatic carbocycles. The molecule has 0 aliphatic rings. The Kier molecular flexibility index (Phi) is 10.0.